The Hall–Kier alpha value is -5.08. The van der Waals surface area contributed by atoms with E-state index in [-0.39, 0.29) is 0 Å². The van der Waals surface area contributed by atoms with Gasteiger partial charge in [0.15, 0.2) is 0 Å². The van der Waals surface area contributed by atoms with Crippen molar-refractivity contribution >= 4 is 55.0 Å². The Bertz CT molecular complexity index is 1970. The summed E-state index contributed by atoms with van der Waals surface area (Å²) in [5, 5.41) is 4.86. The monoisotopic (exact) mass is 530 g/mol. The van der Waals surface area contributed by atoms with E-state index < -0.39 is 0 Å². The number of nitrogens with zero attached hydrogens (tertiary/aromatic N) is 2. The number of aromatic nitrogens is 2. The van der Waals surface area contributed by atoms with E-state index in [0.717, 1.165) is 22.4 Å². The maximum Gasteiger partial charge on any atom is 0.219 e. The summed E-state index contributed by atoms with van der Waals surface area (Å²) >= 11 is 0. The molecule has 2 heteroatoms. The number of benzene rings is 4. The molecule has 0 aliphatic carbocycles. The maximum absolute atomic E-state index is 4.01. The van der Waals surface area contributed by atoms with Crippen LogP contribution >= 0.6 is 0 Å². The quantitative estimate of drug-likeness (QED) is 0.115. The summed E-state index contributed by atoms with van der Waals surface area (Å²) in [7, 11) is 0. The molecule has 6 aromatic rings. The molecule has 0 unspecified atom stereocenters. The minimum absolute atomic E-state index is 1.08. The molecular formula is C39H34N2+2. The molecule has 2 aromatic heterocycles. The van der Waals surface area contributed by atoms with Crippen LogP contribution in [0.2, 0.25) is 0 Å². The first kappa shape index (κ1) is 26.2. The standard InChI is InChI=1S/C39H34N2/c1-5-17-28(8-4)40-34-24-13-9-20-30(34)38(31-21-10-14-25-35(31)40)39-32-22-11-15-26-36(32)41(29(18-6-2)19-7-3)37-27-16-12-23-33(37)39/h5-27H,2H2,1,3-4H3/q+2/b17-5-,19-7-,28-8+,29-18+. The van der Waals surface area contributed by atoms with Gasteiger partial charge in [0, 0.05) is 53.6 Å². The minimum atomic E-state index is 1.08. The second-order valence-corrected chi connectivity index (χ2v) is 10.0. The van der Waals surface area contributed by atoms with Crippen LogP contribution in [0.5, 0.6) is 0 Å². The van der Waals surface area contributed by atoms with Crippen LogP contribution in [0.25, 0.3) is 66.1 Å². The van der Waals surface area contributed by atoms with E-state index in [0.29, 0.717) is 0 Å². The highest BCUT2D eigenvalue weighted by Crippen LogP contribution is 2.41. The Morgan fingerprint density at radius 2 is 0.854 bits per heavy atom. The molecule has 6 rings (SSSR count). The van der Waals surface area contributed by atoms with Crippen molar-refractivity contribution in [3.8, 4) is 11.1 Å². The van der Waals surface area contributed by atoms with Crippen LogP contribution in [0.1, 0.15) is 20.8 Å². The topological polar surface area (TPSA) is 7.76 Å². The van der Waals surface area contributed by atoms with E-state index in [1.165, 1.54) is 43.7 Å². The fourth-order valence-corrected chi connectivity index (χ4v) is 6.13. The van der Waals surface area contributed by atoms with Gasteiger partial charge in [0.05, 0.1) is 21.5 Å². The molecule has 0 N–H and O–H groups in total. The summed E-state index contributed by atoms with van der Waals surface area (Å²) < 4.78 is 4.74. The normalized spacial score (nSPS) is 13.0. The molecule has 0 saturated heterocycles. The van der Waals surface area contributed by atoms with Crippen molar-refractivity contribution in [3.05, 3.63) is 146 Å². The Balaban J connectivity index is 1.90. The summed E-state index contributed by atoms with van der Waals surface area (Å²) in [5.41, 5.74) is 9.39. The molecule has 0 radical (unpaired) electrons. The van der Waals surface area contributed by atoms with E-state index in [2.05, 4.69) is 170 Å². The van der Waals surface area contributed by atoms with Gasteiger partial charge in [-0.3, -0.25) is 0 Å². The van der Waals surface area contributed by atoms with Gasteiger partial charge < -0.3 is 0 Å². The predicted octanol–water partition coefficient (Wildman–Crippen LogP) is 9.58. The van der Waals surface area contributed by atoms with Crippen LogP contribution in [0.4, 0.5) is 0 Å². The van der Waals surface area contributed by atoms with E-state index >= 15 is 0 Å². The molecule has 0 aliphatic heterocycles. The number of rotatable bonds is 6. The molecule has 198 valence electrons. The Morgan fingerprint density at radius 1 is 0.512 bits per heavy atom. The second kappa shape index (κ2) is 11.2. The van der Waals surface area contributed by atoms with E-state index in [1.807, 2.05) is 6.08 Å². The van der Waals surface area contributed by atoms with Crippen molar-refractivity contribution in [3.63, 3.8) is 0 Å². The lowest BCUT2D eigenvalue weighted by Gasteiger charge is -2.16. The number of hydrogen-bond donors (Lipinski definition) is 0. The zero-order valence-corrected chi connectivity index (χ0v) is 23.9. The highest BCUT2D eigenvalue weighted by atomic mass is 15.0. The number of hydrogen-bond acceptors (Lipinski definition) is 0. The lowest BCUT2D eigenvalue weighted by molar-refractivity contribution is -0.520. The Labute approximate surface area is 241 Å². The molecule has 0 saturated carbocycles. The predicted molar refractivity (Wildman–Crippen MR) is 176 cm³/mol. The lowest BCUT2D eigenvalue weighted by atomic mass is 9.90. The Kier molecular flexibility index (Phi) is 7.14. The average molecular weight is 531 g/mol. The molecule has 2 heterocycles. The van der Waals surface area contributed by atoms with Crippen molar-refractivity contribution in [1.82, 2.24) is 0 Å². The van der Waals surface area contributed by atoms with Gasteiger partial charge in [0.25, 0.3) is 0 Å². The van der Waals surface area contributed by atoms with Crippen LogP contribution in [-0.4, -0.2) is 0 Å². The molecule has 2 nitrogen and oxygen atoms in total. The highest BCUT2D eigenvalue weighted by Gasteiger charge is 2.28. The molecule has 0 spiro atoms. The largest absolute Gasteiger partial charge is 0.219 e. The lowest BCUT2D eigenvalue weighted by Crippen LogP contribution is -2.34. The van der Waals surface area contributed by atoms with Crippen LogP contribution in [0.3, 0.4) is 0 Å². The van der Waals surface area contributed by atoms with Gasteiger partial charge in [-0.2, -0.15) is 9.13 Å². The van der Waals surface area contributed by atoms with Crippen LogP contribution in [0.15, 0.2) is 146 Å². The molecule has 0 amide bonds. The fourth-order valence-electron chi connectivity index (χ4n) is 6.13. The summed E-state index contributed by atoms with van der Waals surface area (Å²) in [5.74, 6) is 0. The first-order chi connectivity index (χ1) is 20.2. The van der Waals surface area contributed by atoms with Crippen molar-refractivity contribution in [2.45, 2.75) is 20.8 Å². The van der Waals surface area contributed by atoms with Gasteiger partial charge in [-0.15, -0.1) is 0 Å². The summed E-state index contributed by atoms with van der Waals surface area (Å²) in [6, 6.07) is 35.1. The zero-order chi connectivity index (χ0) is 28.3. The molecule has 0 bridgehead atoms. The summed E-state index contributed by atoms with van der Waals surface area (Å²) in [6.07, 6.45) is 14.6. The fraction of sp³-hybridized carbons (Fsp3) is 0.0769. The molecular weight excluding hydrogens is 496 g/mol. The van der Waals surface area contributed by atoms with Crippen LogP contribution in [0, 0.1) is 0 Å². The Morgan fingerprint density at radius 3 is 1.20 bits per heavy atom. The maximum atomic E-state index is 4.01. The summed E-state index contributed by atoms with van der Waals surface area (Å²) in [4.78, 5) is 0. The molecule has 0 atom stereocenters. The van der Waals surface area contributed by atoms with Gasteiger partial charge >= 0.3 is 0 Å². The molecule has 4 aromatic carbocycles. The van der Waals surface area contributed by atoms with Crippen molar-refractivity contribution in [1.29, 1.82) is 0 Å². The minimum Gasteiger partial charge on any atom is -0.153 e. The van der Waals surface area contributed by atoms with Gasteiger partial charge in [0.1, 0.15) is 0 Å². The zero-order valence-electron chi connectivity index (χ0n) is 23.9. The van der Waals surface area contributed by atoms with E-state index in [4.69, 9.17) is 0 Å². The number of para-hydroxylation sites is 4. The first-order valence-electron chi connectivity index (χ1n) is 14.2. The summed E-state index contributed by atoms with van der Waals surface area (Å²) in [6.45, 7) is 10.2. The first-order valence-corrected chi connectivity index (χ1v) is 14.2. The van der Waals surface area contributed by atoms with Crippen LogP contribution < -0.4 is 9.13 Å². The van der Waals surface area contributed by atoms with Gasteiger partial charge in [0.2, 0.25) is 33.5 Å². The molecule has 0 fully saturated rings. The van der Waals surface area contributed by atoms with Gasteiger partial charge in [-0.25, -0.2) is 0 Å². The van der Waals surface area contributed by atoms with Crippen molar-refractivity contribution in [2.75, 3.05) is 0 Å². The number of allylic oxidation sites excluding steroid dienone is 9. The number of fused-ring (bicyclic) bond motifs is 4. The second-order valence-electron chi connectivity index (χ2n) is 10.0. The molecule has 41 heavy (non-hydrogen) atoms. The van der Waals surface area contributed by atoms with Gasteiger partial charge in [-0.05, 0) is 51.1 Å². The third kappa shape index (κ3) is 4.29. The van der Waals surface area contributed by atoms with Crippen LogP contribution in [-0.2, 0) is 0 Å². The third-order valence-electron chi connectivity index (χ3n) is 7.68. The third-order valence-corrected chi connectivity index (χ3v) is 7.68. The molecule has 0 aliphatic rings. The smallest absolute Gasteiger partial charge is 0.153 e. The average Bonchev–Trinajstić information content (AvgIpc) is 3.02. The SMILES string of the molecule is C=C/C=C(\C=C/C)[n+]1c2ccccc2c(-c2c3ccccc3[n+](C(/C=C\C)=C/C)c3ccccc23)c2ccccc21. The number of pyridine rings is 2. The van der Waals surface area contributed by atoms with Crippen molar-refractivity contribution in [2.24, 2.45) is 0 Å². The highest BCUT2D eigenvalue weighted by molar-refractivity contribution is 6.19. The van der Waals surface area contributed by atoms with E-state index in [9.17, 15) is 0 Å². The van der Waals surface area contributed by atoms with Crippen molar-refractivity contribution < 1.29 is 9.13 Å². The van der Waals surface area contributed by atoms with E-state index in [1.54, 1.807) is 0 Å². The van der Waals surface area contributed by atoms with Gasteiger partial charge in [-0.1, -0.05) is 73.3 Å².